The van der Waals surface area contributed by atoms with Crippen LogP contribution in [0.1, 0.15) is 10.6 Å². The Morgan fingerprint density at radius 3 is 2.64 bits per heavy atom. The highest BCUT2D eigenvalue weighted by Gasteiger charge is 2.14. The molecule has 0 saturated heterocycles. The Labute approximate surface area is 87.3 Å². The Morgan fingerprint density at radius 2 is 2.14 bits per heavy atom. The van der Waals surface area contributed by atoms with Crippen LogP contribution in [-0.4, -0.2) is 11.1 Å². The summed E-state index contributed by atoms with van der Waals surface area (Å²) in [6.45, 7) is 0. The third kappa shape index (κ3) is 1.46. The van der Waals surface area contributed by atoms with Crippen LogP contribution in [-0.2, 0) is 0 Å². The molecule has 0 radical (unpaired) electrons. The lowest BCUT2D eigenvalue weighted by molar-refractivity contribution is 0.0663. The van der Waals surface area contributed by atoms with Crippen LogP contribution in [0.15, 0.2) is 37.8 Å². The minimum absolute atomic E-state index is 0.108. The highest BCUT2D eigenvalue weighted by atomic mass is 79.9. The van der Waals surface area contributed by atoms with Crippen LogP contribution in [0.2, 0.25) is 0 Å². The minimum Gasteiger partial charge on any atom is -0.475 e. The largest absolute Gasteiger partial charge is 0.475 e. The fourth-order valence-corrected chi connectivity index (χ4v) is 1.44. The van der Waals surface area contributed by atoms with Gasteiger partial charge in [0.05, 0.1) is 10.7 Å². The molecular formula is C9H5BrO4. The summed E-state index contributed by atoms with van der Waals surface area (Å²) in [6, 6.07) is 4.64. The zero-order valence-corrected chi connectivity index (χ0v) is 8.45. The van der Waals surface area contributed by atoms with Crippen molar-refractivity contribution < 1.29 is 18.7 Å². The molecule has 5 heteroatoms. The van der Waals surface area contributed by atoms with Gasteiger partial charge in [0, 0.05) is 0 Å². The molecule has 0 aliphatic carbocycles. The molecule has 0 aromatic carbocycles. The number of halogens is 1. The molecule has 2 aromatic heterocycles. The van der Waals surface area contributed by atoms with Gasteiger partial charge in [-0.15, -0.1) is 0 Å². The maximum Gasteiger partial charge on any atom is 0.371 e. The summed E-state index contributed by atoms with van der Waals surface area (Å²) in [7, 11) is 0. The Hall–Kier alpha value is -1.49. The molecule has 2 aromatic rings. The van der Waals surface area contributed by atoms with E-state index in [0.717, 1.165) is 4.47 Å². The van der Waals surface area contributed by atoms with Crippen molar-refractivity contribution in [2.75, 3.05) is 0 Å². The van der Waals surface area contributed by atoms with Crippen LogP contribution in [0.5, 0.6) is 0 Å². The van der Waals surface area contributed by atoms with Gasteiger partial charge in [-0.05, 0) is 34.1 Å². The van der Waals surface area contributed by atoms with Crippen LogP contribution < -0.4 is 0 Å². The van der Waals surface area contributed by atoms with E-state index in [0.29, 0.717) is 11.5 Å². The van der Waals surface area contributed by atoms with Crippen LogP contribution in [0.4, 0.5) is 0 Å². The molecule has 0 spiro atoms. The lowest BCUT2D eigenvalue weighted by Gasteiger charge is -1.90. The molecule has 0 bridgehead atoms. The molecule has 72 valence electrons. The number of hydrogen-bond donors (Lipinski definition) is 1. The number of hydrogen-bond acceptors (Lipinski definition) is 3. The van der Waals surface area contributed by atoms with E-state index < -0.39 is 5.97 Å². The molecular weight excluding hydrogens is 252 g/mol. The normalized spacial score (nSPS) is 10.4. The van der Waals surface area contributed by atoms with Crippen molar-refractivity contribution in [1.29, 1.82) is 0 Å². The summed E-state index contributed by atoms with van der Waals surface area (Å²) in [5, 5.41) is 8.63. The van der Waals surface area contributed by atoms with Crippen molar-refractivity contribution in [2.24, 2.45) is 0 Å². The van der Waals surface area contributed by atoms with Gasteiger partial charge >= 0.3 is 5.97 Å². The smallest absolute Gasteiger partial charge is 0.371 e. The molecule has 14 heavy (non-hydrogen) atoms. The fourth-order valence-electron chi connectivity index (χ4n) is 1.04. The summed E-state index contributed by atoms with van der Waals surface area (Å²) in [4.78, 5) is 10.5. The average Bonchev–Trinajstić information content (AvgIpc) is 2.71. The van der Waals surface area contributed by atoms with Gasteiger partial charge in [-0.3, -0.25) is 0 Å². The van der Waals surface area contributed by atoms with E-state index in [2.05, 4.69) is 15.9 Å². The number of carbonyl (C=O) groups is 1. The van der Waals surface area contributed by atoms with E-state index in [1.165, 1.54) is 12.3 Å². The molecule has 0 fully saturated rings. The van der Waals surface area contributed by atoms with Gasteiger partial charge in [0.15, 0.2) is 11.5 Å². The van der Waals surface area contributed by atoms with E-state index >= 15 is 0 Å². The van der Waals surface area contributed by atoms with Gasteiger partial charge in [-0.1, -0.05) is 0 Å². The number of carboxylic acid groups (broad SMARTS) is 1. The van der Waals surface area contributed by atoms with Crippen LogP contribution in [0.3, 0.4) is 0 Å². The molecule has 0 amide bonds. The quantitative estimate of drug-likeness (QED) is 0.898. The van der Waals surface area contributed by atoms with E-state index in [-0.39, 0.29) is 5.76 Å². The lowest BCUT2D eigenvalue weighted by Crippen LogP contribution is -1.91. The zero-order chi connectivity index (χ0) is 10.1. The van der Waals surface area contributed by atoms with Gasteiger partial charge < -0.3 is 13.9 Å². The highest BCUT2D eigenvalue weighted by molar-refractivity contribution is 9.10. The Balaban J connectivity index is 2.43. The fraction of sp³-hybridized carbons (Fsp3) is 0. The number of aromatic carboxylic acids is 1. The average molecular weight is 257 g/mol. The van der Waals surface area contributed by atoms with Crippen molar-refractivity contribution >= 4 is 21.9 Å². The first-order chi connectivity index (χ1) is 6.68. The molecule has 0 atom stereocenters. The van der Waals surface area contributed by atoms with Crippen LogP contribution >= 0.6 is 15.9 Å². The summed E-state index contributed by atoms with van der Waals surface area (Å²) in [6.07, 6.45) is 1.49. The van der Waals surface area contributed by atoms with E-state index in [9.17, 15) is 4.79 Å². The third-order valence-corrected chi connectivity index (χ3v) is 2.28. The van der Waals surface area contributed by atoms with Crippen molar-refractivity contribution in [3.63, 3.8) is 0 Å². The zero-order valence-electron chi connectivity index (χ0n) is 6.86. The second-order valence-corrected chi connectivity index (χ2v) is 3.42. The van der Waals surface area contributed by atoms with Gasteiger partial charge in [-0.25, -0.2) is 4.79 Å². The van der Waals surface area contributed by atoms with Crippen molar-refractivity contribution in [3.05, 3.63) is 34.7 Å². The molecule has 0 unspecified atom stereocenters. The summed E-state index contributed by atoms with van der Waals surface area (Å²) >= 11 is 3.25. The Bertz CT molecular complexity index is 469. The van der Waals surface area contributed by atoms with Crippen LogP contribution in [0, 0.1) is 0 Å². The van der Waals surface area contributed by atoms with E-state index in [1.54, 1.807) is 12.1 Å². The first kappa shape index (κ1) is 9.08. The Morgan fingerprint density at radius 1 is 1.36 bits per heavy atom. The predicted molar refractivity (Wildman–Crippen MR) is 51.1 cm³/mol. The second kappa shape index (κ2) is 3.34. The number of rotatable bonds is 2. The van der Waals surface area contributed by atoms with Crippen molar-refractivity contribution in [3.8, 4) is 11.5 Å². The molecule has 0 aliphatic rings. The topological polar surface area (TPSA) is 63.6 Å². The molecule has 1 N–H and O–H groups in total. The third-order valence-electron chi connectivity index (χ3n) is 1.66. The van der Waals surface area contributed by atoms with Crippen molar-refractivity contribution in [1.82, 2.24) is 0 Å². The number of carboxylic acids is 1. The monoisotopic (exact) mass is 256 g/mol. The summed E-state index contributed by atoms with van der Waals surface area (Å²) in [5.74, 6) is -0.334. The maximum absolute atomic E-state index is 10.5. The second-order valence-electron chi connectivity index (χ2n) is 2.57. The van der Waals surface area contributed by atoms with Gasteiger partial charge in [-0.2, -0.15) is 0 Å². The highest BCUT2D eigenvalue weighted by Crippen LogP contribution is 2.30. The van der Waals surface area contributed by atoms with E-state index in [4.69, 9.17) is 13.9 Å². The van der Waals surface area contributed by atoms with Crippen molar-refractivity contribution in [2.45, 2.75) is 0 Å². The SMILES string of the molecule is O=C(O)c1ccc(-c2occc2Br)o1. The maximum atomic E-state index is 10.5. The Kier molecular flexibility index (Phi) is 2.17. The van der Waals surface area contributed by atoms with Gasteiger partial charge in [0.1, 0.15) is 0 Å². The summed E-state index contributed by atoms with van der Waals surface area (Å²) < 4.78 is 10.9. The molecule has 0 aliphatic heterocycles. The van der Waals surface area contributed by atoms with E-state index in [1.807, 2.05) is 0 Å². The standard InChI is InChI=1S/C9H5BrO4/c10-5-3-4-13-8(5)6-1-2-7(14-6)9(11)12/h1-4H,(H,11,12). The van der Waals surface area contributed by atoms with Gasteiger partial charge in [0.2, 0.25) is 5.76 Å². The molecule has 2 heterocycles. The molecule has 0 saturated carbocycles. The van der Waals surface area contributed by atoms with Gasteiger partial charge in [0.25, 0.3) is 0 Å². The first-order valence-corrected chi connectivity index (χ1v) is 4.54. The number of furan rings is 2. The van der Waals surface area contributed by atoms with Crippen LogP contribution in [0.25, 0.3) is 11.5 Å². The first-order valence-electron chi connectivity index (χ1n) is 3.75. The molecule has 2 rings (SSSR count). The predicted octanol–water partition coefficient (Wildman–Crippen LogP) is 3.00. The molecule has 4 nitrogen and oxygen atoms in total. The minimum atomic E-state index is -1.10. The lowest BCUT2D eigenvalue weighted by atomic mass is 10.3. The summed E-state index contributed by atoms with van der Waals surface area (Å²) in [5.41, 5.74) is 0.